The Hall–Kier alpha value is -4.32. The number of sulfonamides is 1. The summed E-state index contributed by atoms with van der Waals surface area (Å²) in [5, 5.41) is 6.55. The second-order valence-electron chi connectivity index (χ2n) is 7.45. The van der Waals surface area contributed by atoms with Crippen molar-refractivity contribution < 1.29 is 31.9 Å². The van der Waals surface area contributed by atoms with E-state index in [0.717, 1.165) is 10.6 Å². The monoisotopic (exact) mass is 514 g/mol. The van der Waals surface area contributed by atoms with Gasteiger partial charge in [-0.05, 0) is 54.1 Å². The number of furan rings is 1. The molecule has 0 aliphatic heterocycles. The van der Waals surface area contributed by atoms with Gasteiger partial charge in [0.25, 0.3) is 11.8 Å². The number of methoxy groups -OCH3 is 1. The number of benzene rings is 2. The Balaban J connectivity index is 1.49. The number of carbonyl (C=O) groups excluding carboxylic acids is 2. The molecule has 2 N–H and O–H groups in total. The highest BCUT2D eigenvalue weighted by atomic mass is 32.2. The summed E-state index contributed by atoms with van der Waals surface area (Å²) in [6.45, 7) is -0.365. The molecule has 1 aromatic heterocycles. The van der Waals surface area contributed by atoms with Gasteiger partial charge in [0.05, 0.1) is 38.1 Å². The lowest BCUT2D eigenvalue weighted by Gasteiger charge is -2.23. The Morgan fingerprint density at radius 1 is 1.06 bits per heavy atom. The van der Waals surface area contributed by atoms with Gasteiger partial charge in [0.15, 0.2) is 6.61 Å². The fourth-order valence-electron chi connectivity index (χ4n) is 3.01. The zero-order valence-corrected chi connectivity index (χ0v) is 20.5. The number of amides is 2. The molecule has 2 aromatic carbocycles. The van der Waals surface area contributed by atoms with E-state index in [0.29, 0.717) is 22.8 Å². The van der Waals surface area contributed by atoms with Crippen LogP contribution < -0.4 is 24.5 Å². The summed E-state index contributed by atoms with van der Waals surface area (Å²) in [4.78, 5) is 24.2. The lowest BCUT2D eigenvalue weighted by Crippen LogP contribution is -2.39. The van der Waals surface area contributed by atoms with Crippen molar-refractivity contribution in [3.05, 3.63) is 78.3 Å². The third-order valence-electron chi connectivity index (χ3n) is 4.73. The predicted molar refractivity (Wildman–Crippen MR) is 133 cm³/mol. The van der Waals surface area contributed by atoms with Crippen LogP contribution in [0.3, 0.4) is 0 Å². The van der Waals surface area contributed by atoms with Gasteiger partial charge in [0, 0.05) is 0 Å². The molecular weight excluding hydrogens is 488 g/mol. The van der Waals surface area contributed by atoms with Crippen molar-refractivity contribution in [3.63, 3.8) is 0 Å². The minimum Gasteiger partial charge on any atom is -0.495 e. The van der Waals surface area contributed by atoms with Gasteiger partial charge in [-0.15, -0.1) is 0 Å². The lowest BCUT2D eigenvalue weighted by molar-refractivity contribution is -0.123. The van der Waals surface area contributed by atoms with Gasteiger partial charge in [-0.1, -0.05) is 12.1 Å². The van der Waals surface area contributed by atoms with Crippen molar-refractivity contribution in [1.82, 2.24) is 10.7 Å². The number of hydrogen-bond acceptors (Lipinski definition) is 8. The summed E-state index contributed by atoms with van der Waals surface area (Å²) in [7, 11) is -2.35. The maximum Gasteiger partial charge on any atom is 0.260 e. The van der Waals surface area contributed by atoms with Crippen LogP contribution in [0.15, 0.2) is 76.4 Å². The molecule has 0 fully saturated rings. The van der Waals surface area contributed by atoms with Crippen molar-refractivity contribution in [2.45, 2.75) is 6.54 Å². The van der Waals surface area contributed by atoms with Crippen LogP contribution in [-0.2, 0) is 26.2 Å². The summed E-state index contributed by atoms with van der Waals surface area (Å²) in [6.07, 6.45) is 3.93. The number of rotatable bonds is 12. The normalized spacial score (nSPS) is 11.2. The molecule has 190 valence electrons. The van der Waals surface area contributed by atoms with Crippen LogP contribution in [0.25, 0.3) is 0 Å². The highest BCUT2D eigenvalue weighted by Crippen LogP contribution is 2.29. The van der Waals surface area contributed by atoms with Crippen LogP contribution >= 0.6 is 0 Å². The largest absolute Gasteiger partial charge is 0.495 e. The molecule has 2 amide bonds. The fourth-order valence-corrected chi connectivity index (χ4v) is 3.87. The van der Waals surface area contributed by atoms with E-state index in [4.69, 9.17) is 13.9 Å². The summed E-state index contributed by atoms with van der Waals surface area (Å²) in [5.41, 5.74) is 3.20. The quantitative estimate of drug-likeness (QED) is 0.278. The van der Waals surface area contributed by atoms with E-state index in [2.05, 4.69) is 15.8 Å². The molecule has 36 heavy (non-hydrogen) atoms. The van der Waals surface area contributed by atoms with Gasteiger partial charge in [-0.3, -0.25) is 13.9 Å². The fraction of sp³-hybridized carbons (Fsp3) is 0.208. The minimum absolute atomic E-state index is 0.159. The number of para-hydroxylation sites is 2. The zero-order valence-electron chi connectivity index (χ0n) is 19.7. The molecule has 0 aliphatic rings. The van der Waals surface area contributed by atoms with Gasteiger partial charge in [0.1, 0.15) is 23.8 Å². The Kier molecular flexibility index (Phi) is 9.06. The van der Waals surface area contributed by atoms with Crippen molar-refractivity contribution in [1.29, 1.82) is 0 Å². The Morgan fingerprint density at radius 2 is 1.81 bits per heavy atom. The third-order valence-corrected chi connectivity index (χ3v) is 5.86. The first-order valence-corrected chi connectivity index (χ1v) is 12.6. The molecule has 0 saturated carbocycles. The van der Waals surface area contributed by atoms with Gasteiger partial charge in [-0.2, -0.15) is 5.10 Å². The van der Waals surface area contributed by atoms with E-state index in [-0.39, 0.29) is 24.7 Å². The van der Waals surface area contributed by atoms with Gasteiger partial charge in [0.2, 0.25) is 10.0 Å². The molecule has 0 radical (unpaired) electrons. The molecule has 1 heterocycles. The molecule has 0 saturated heterocycles. The third kappa shape index (κ3) is 7.87. The van der Waals surface area contributed by atoms with Crippen LogP contribution in [0, 0.1) is 0 Å². The van der Waals surface area contributed by atoms with Crippen LogP contribution in [0.4, 0.5) is 5.69 Å². The highest BCUT2D eigenvalue weighted by Gasteiger charge is 2.23. The van der Waals surface area contributed by atoms with E-state index in [1.54, 1.807) is 60.7 Å². The van der Waals surface area contributed by atoms with Crippen molar-refractivity contribution in [2.75, 3.05) is 30.8 Å². The van der Waals surface area contributed by atoms with Gasteiger partial charge in [-0.25, -0.2) is 13.8 Å². The molecule has 0 bridgehead atoms. The zero-order chi connectivity index (χ0) is 26.0. The molecule has 12 heteroatoms. The highest BCUT2D eigenvalue weighted by molar-refractivity contribution is 7.92. The predicted octanol–water partition coefficient (Wildman–Crippen LogP) is 1.90. The second kappa shape index (κ2) is 12.4. The first-order chi connectivity index (χ1) is 17.3. The molecule has 11 nitrogen and oxygen atoms in total. The van der Waals surface area contributed by atoms with Crippen molar-refractivity contribution in [3.8, 4) is 11.5 Å². The average Bonchev–Trinajstić information content (AvgIpc) is 3.39. The van der Waals surface area contributed by atoms with E-state index in [1.165, 1.54) is 19.6 Å². The standard InChI is InChI=1S/C24H26N4O7S/c1-33-22-8-4-3-7-21(22)28(36(2,31)32)16-23(29)27-26-14-18-9-11-19(12-10-18)35-17-24(30)25-15-20-6-5-13-34-20/h3-14H,15-17H2,1-2H3,(H,25,30)(H,27,29)/b26-14-. The summed E-state index contributed by atoms with van der Waals surface area (Å²) in [5.74, 6) is 0.503. The number of hydrogen-bond donors (Lipinski definition) is 2. The molecule has 0 aliphatic carbocycles. The SMILES string of the molecule is COc1ccccc1N(CC(=O)N/N=C\c1ccc(OCC(=O)NCc2ccco2)cc1)S(C)(=O)=O. The first-order valence-electron chi connectivity index (χ1n) is 10.7. The Bertz CT molecular complexity index is 1290. The van der Waals surface area contributed by atoms with Crippen molar-refractivity contribution in [2.24, 2.45) is 5.10 Å². The Morgan fingerprint density at radius 3 is 2.47 bits per heavy atom. The average molecular weight is 515 g/mol. The molecule has 0 atom stereocenters. The van der Waals surface area contributed by atoms with Crippen molar-refractivity contribution >= 4 is 33.7 Å². The van der Waals surface area contributed by atoms with E-state index in [9.17, 15) is 18.0 Å². The maximum absolute atomic E-state index is 12.4. The summed E-state index contributed by atoms with van der Waals surface area (Å²) in [6, 6.07) is 16.6. The molecule has 3 aromatic rings. The first kappa shape index (κ1) is 26.3. The van der Waals surface area contributed by atoms with Gasteiger partial charge >= 0.3 is 0 Å². The minimum atomic E-state index is -3.76. The number of ether oxygens (including phenoxy) is 2. The van der Waals surface area contributed by atoms with Crippen LogP contribution in [-0.4, -0.2) is 53.0 Å². The maximum atomic E-state index is 12.4. The number of nitrogens with zero attached hydrogens (tertiary/aromatic N) is 2. The van der Waals surface area contributed by atoms with Crippen LogP contribution in [0.5, 0.6) is 11.5 Å². The molecule has 0 spiro atoms. The molecule has 3 rings (SSSR count). The second-order valence-corrected chi connectivity index (χ2v) is 9.36. The molecular formula is C24H26N4O7S. The summed E-state index contributed by atoms with van der Waals surface area (Å²) >= 11 is 0. The van der Waals surface area contributed by atoms with E-state index in [1.807, 2.05) is 0 Å². The number of nitrogens with one attached hydrogen (secondary N) is 2. The smallest absolute Gasteiger partial charge is 0.260 e. The Labute approximate surface area is 208 Å². The van der Waals surface area contributed by atoms with Crippen LogP contribution in [0.1, 0.15) is 11.3 Å². The van der Waals surface area contributed by atoms with E-state index < -0.39 is 22.5 Å². The summed E-state index contributed by atoms with van der Waals surface area (Å²) < 4.78 is 41.2. The molecule has 0 unspecified atom stereocenters. The van der Waals surface area contributed by atoms with Crippen LogP contribution in [0.2, 0.25) is 0 Å². The van der Waals surface area contributed by atoms with E-state index >= 15 is 0 Å². The lowest BCUT2D eigenvalue weighted by atomic mass is 10.2. The number of hydrazone groups is 1. The van der Waals surface area contributed by atoms with Gasteiger partial charge < -0.3 is 19.2 Å². The topological polar surface area (TPSA) is 140 Å². The number of anilines is 1. The number of carbonyl (C=O) groups is 2.